The molecule has 0 spiro atoms. The Balaban J connectivity index is 3.23. The van der Waals surface area contributed by atoms with E-state index in [4.69, 9.17) is 9.47 Å². The van der Waals surface area contributed by atoms with Crippen LogP contribution in [0.15, 0.2) is 12.1 Å². The van der Waals surface area contributed by atoms with Gasteiger partial charge in [0.05, 0.1) is 20.3 Å². The molecule has 0 amide bonds. The van der Waals surface area contributed by atoms with E-state index in [0.29, 0.717) is 18.0 Å². The molecule has 0 bridgehead atoms. The van der Waals surface area contributed by atoms with E-state index in [1.807, 2.05) is 12.1 Å². The van der Waals surface area contributed by atoms with Gasteiger partial charge in [0.25, 0.3) is 0 Å². The van der Waals surface area contributed by atoms with Gasteiger partial charge in [0.15, 0.2) is 11.5 Å². The topological polar surface area (TPSA) is 50.7 Å². The summed E-state index contributed by atoms with van der Waals surface area (Å²) in [4.78, 5) is 0. The number of benzene rings is 1. The molecule has 0 saturated heterocycles. The molecule has 0 heterocycles. The van der Waals surface area contributed by atoms with Gasteiger partial charge in [-0.2, -0.15) is 0 Å². The van der Waals surface area contributed by atoms with Crippen LogP contribution in [0.5, 0.6) is 11.5 Å². The largest absolute Gasteiger partial charge is 0.493 e. The van der Waals surface area contributed by atoms with Crippen LogP contribution >= 0.6 is 0 Å². The normalized spacial score (nSPS) is 12.3. The third-order valence-electron chi connectivity index (χ3n) is 2.73. The van der Waals surface area contributed by atoms with Crippen LogP contribution in [0, 0.1) is 0 Å². The Hall–Kier alpha value is -1.26. The van der Waals surface area contributed by atoms with Gasteiger partial charge in [-0.15, -0.1) is 0 Å². The number of methoxy groups -OCH3 is 2. The van der Waals surface area contributed by atoms with Gasteiger partial charge in [0.1, 0.15) is 0 Å². The van der Waals surface area contributed by atoms with Gasteiger partial charge in [0, 0.05) is 12.1 Å². The highest BCUT2D eigenvalue weighted by Crippen LogP contribution is 2.36. The summed E-state index contributed by atoms with van der Waals surface area (Å²) in [7, 11) is 4.99. The van der Waals surface area contributed by atoms with Gasteiger partial charge in [-0.25, -0.2) is 0 Å². The summed E-state index contributed by atoms with van der Waals surface area (Å²) < 4.78 is 10.6. The molecular formula is C13H21NO3. The zero-order valence-electron chi connectivity index (χ0n) is 10.9. The molecule has 0 aliphatic heterocycles. The predicted octanol–water partition coefficient (Wildman–Crippen LogP) is 1.52. The lowest BCUT2D eigenvalue weighted by atomic mass is 10.0. The van der Waals surface area contributed by atoms with Crippen LogP contribution in [0.3, 0.4) is 0 Å². The maximum Gasteiger partial charge on any atom is 0.166 e. The number of aliphatic hydroxyl groups is 1. The van der Waals surface area contributed by atoms with Gasteiger partial charge < -0.3 is 19.9 Å². The first-order valence-corrected chi connectivity index (χ1v) is 5.75. The van der Waals surface area contributed by atoms with Crippen molar-refractivity contribution in [2.45, 2.75) is 19.4 Å². The van der Waals surface area contributed by atoms with Gasteiger partial charge in [-0.3, -0.25) is 0 Å². The molecule has 0 aliphatic rings. The average Bonchev–Trinajstić information content (AvgIpc) is 2.37. The number of aryl methyl sites for hydroxylation is 1. The van der Waals surface area contributed by atoms with Crippen LogP contribution < -0.4 is 14.8 Å². The first kappa shape index (κ1) is 13.8. The molecule has 0 aliphatic carbocycles. The lowest BCUT2D eigenvalue weighted by Crippen LogP contribution is -2.17. The first-order chi connectivity index (χ1) is 8.17. The smallest absolute Gasteiger partial charge is 0.166 e. The molecule has 1 unspecified atom stereocenters. The predicted molar refractivity (Wildman–Crippen MR) is 67.8 cm³/mol. The third-order valence-corrected chi connectivity index (χ3v) is 2.73. The number of rotatable bonds is 6. The Kier molecular flexibility index (Phi) is 5.25. The van der Waals surface area contributed by atoms with Crippen molar-refractivity contribution in [3.05, 3.63) is 23.3 Å². The second-order valence-electron chi connectivity index (χ2n) is 3.85. The van der Waals surface area contributed by atoms with E-state index in [-0.39, 0.29) is 0 Å². The molecule has 1 rings (SSSR count). The molecule has 0 aromatic heterocycles. The molecular weight excluding hydrogens is 218 g/mol. The Morgan fingerprint density at radius 3 is 2.47 bits per heavy atom. The quantitative estimate of drug-likeness (QED) is 0.790. The van der Waals surface area contributed by atoms with Crippen LogP contribution in [0.4, 0.5) is 0 Å². The van der Waals surface area contributed by atoms with Gasteiger partial charge in [-0.05, 0) is 31.2 Å². The molecule has 96 valence electrons. The number of ether oxygens (including phenoxy) is 2. The Labute approximate surface area is 103 Å². The number of aliphatic hydroxyl groups excluding tert-OH is 1. The van der Waals surface area contributed by atoms with Crippen LogP contribution in [0.25, 0.3) is 0 Å². The lowest BCUT2D eigenvalue weighted by Gasteiger charge is -2.18. The van der Waals surface area contributed by atoms with E-state index >= 15 is 0 Å². The number of likely N-dealkylation sites (N-methyl/N-ethyl adjacent to an activating group) is 1. The highest BCUT2D eigenvalue weighted by Gasteiger charge is 2.17. The highest BCUT2D eigenvalue weighted by atomic mass is 16.5. The van der Waals surface area contributed by atoms with E-state index < -0.39 is 6.10 Å². The summed E-state index contributed by atoms with van der Waals surface area (Å²) in [6, 6.07) is 3.90. The number of hydrogen-bond donors (Lipinski definition) is 2. The third kappa shape index (κ3) is 3.11. The van der Waals surface area contributed by atoms with Crippen LogP contribution in [0.1, 0.15) is 24.2 Å². The summed E-state index contributed by atoms with van der Waals surface area (Å²) in [5, 5.41) is 13.0. The summed E-state index contributed by atoms with van der Waals surface area (Å²) in [5.74, 6) is 1.27. The fourth-order valence-electron chi connectivity index (χ4n) is 1.81. The fourth-order valence-corrected chi connectivity index (χ4v) is 1.81. The molecule has 0 fully saturated rings. The maximum atomic E-state index is 10.1. The van der Waals surface area contributed by atoms with Crippen molar-refractivity contribution in [3.63, 3.8) is 0 Å². The fraction of sp³-hybridized carbons (Fsp3) is 0.538. The highest BCUT2D eigenvalue weighted by molar-refractivity contribution is 5.50. The minimum absolute atomic E-state index is 0.479. The van der Waals surface area contributed by atoms with Crippen molar-refractivity contribution < 1.29 is 14.6 Å². The lowest BCUT2D eigenvalue weighted by molar-refractivity contribution is 0.172. The molecule has 4 heteroatoms. The van der Waals surface area contributed by atoms with Crippen LogP contribution in [0.2, 0.25) is 0 Å². The van der Waals surface area contributed by atoms with Gasteiger partial charge in [0.2, 0.25) is 0 Å². The van der Waals surface area contributed by atoms with Crippen molar-refractivity contribution in [1.29, 1.82) is 0 Å². The maximum absolute atomic E-state index is 10.1. The van der Waals surface area contributed by atoms with E-state index in [2.05, 4.69) is 12.2 Å². The molecule has 4 nitrogen and oxygen atoms in total. The van der Waals surface area contributed by atoms with Crippen LogP contribution in [-0.2, 0) is 6.42 Å². The van der Waals surface area contributed by atoms with Crippen molar-refractivity contribution in [1.82, 2.24) is 5.32 Å². The first-order valence-electron chi connectivity index (χ1n) is 5.75. The van der Waals surface area contributed by atoms with Crippen molar-refractivity contribution >= 4 is 0 Å². The van der Waals surface area contributed by atoms with Gasteiger partial charge >= 0.3 is 0 Å². The molecule has 1 atom stereocenters. The second-order valence-corrected chi connectivity index (χ2v) is 3.85. The Bertz CT molecular complexity index is 366. The average molecular weight is 239 g/mol. The summed E-state index contributed by atoms with van der Waals surface area (Å²) >= 11 is 0. The zero-order valence-corrected chi connectivity index (χ0v) is 10.9. The van der Waals surface area contributed by atoms with Crippen molar-refractivity contribution in [2.24, 2.45) is 0 Å². The molecule has 1 aromatic carbocycles. The Morgan fingerprint density at radius 1 is 1.29 bits per heavy atom. The molecule has 1 aromatic rings. The second kappa shape index (κ2) is 6.47. The molecule has 2 N–H and O–H groups in total. The van der Waals surface area contributed by atoms with Crippen molar-refractivity contribution in [2.75, 3.05) is 27.8 Å². The monoisotopic (exact) mass is 239 g/mol. The van der Waals surface area contributed by atoms with Gasteiger partial charge in [-0.1, -0.05) is 6.92 Å². The Morgan fingerprint density at radius 2 is 2.00 bits per heavy atom. The van der Waals surface area contributed by atoms with E-state index in [1.165, 1.54) is 0 Å². The zero-order chi connectivity index (χ0) is 12.8. The van der Waals surface area contributed by atoms with E-state index in [1.54, 1.807) is 21.3 Å². The molecule has 0 saturated carbocycles. The van der Waals surface area contributed by atoms with E-state index in [9.17, 15) is 5.11 Å². The number of nitrogens with one attached hydrogen (secondary N) is 1. The minimum atomic E-state index is -0.602. The molecule has 17 heavy (non-hydrogen) atoms. The molecule has 0 radical (unpaired) electrons. The summed E-state index contributed by atoms with van der Waals surface area (Å²) in [6.45, 7) is 2.54. The minimum Gasteiger partial charge on any atom is -0.493 e. The summed E-state index contributed by atoms with van der Waals surface area (Å²) in [5.41, 5.74) is 1.88. The van der Waals surface area contributed by atoms with Crippen LogP contribution in [-0.4, -0.2) is 32.9 Å². The standard InChI is InChI=1S/C13H21NO3/c1-5-9-6-10(11(15)8-14-2)13(17-4)12(7-9)16-3/h6-7,11,14-15H,5,8H2,1-4H3. The summed E-state index contributed by atoms with van der Waals surface area (Å²) in [6.07, 6.45) is 0.287. The van der Waals surface area contributed by atoms with Crippen molar-refractivity contribution in [3.8, 4) is 11.5 Å². The van der Waals surface area contributed by atoms with E-state index in [0.717, 1.165) is 17.5 Å². The SMILES string of the molecule is CCc1cc(OC)c(OC)c(C(O)CNC)c1. The number of hydrogen-bond acceptors (Lipinski definition) is 4.